The van der Waals surface area contributed by atoms with Crippen LogP contribution in [0.2, 0.25) is 0 Å². The molecule has 0 unspecified atom stereocenters. The summed E-state index contributed by atoms with van der Waals surface area (Å²) in [6.07, 6.45) is 1.08. The van der Waals surface area contributed by atoms with E-state index in [1.54, 1.807) is 0 Å². The maximum absolute atomic E-state index is 9.70. The van der Waals surface area contributed by atoms with Gasteiger partial charge in [-0.25, -0.2) is 8.42 Å². The molecule has 5 heteroatoms. The van der Waals surface area contributed by atoms with Gasteiger partial charge in [-0.1, -0.05) is 0 Å². The van der Waals surface area contributed by atoms with Crippen LogP contribution in [0, 0.1) is 0 Å². The van der Waals surface area contributed by atoms with Gasteiger partial charge >= 0.3 is 0 Å². The lowest BCUT2D eigenvalue weighted by molar-refractivity contribution is 0.251. The summed E-state index contributed by atoms with van der Waals surface area (Å²) >= 11 is 0. The van der Waals surface area contributed by atoms with Crippen molar-refractivity contribution in [1.29, 1.82) is 0 Å². The summed E-state index contributed by atoms with van der Waals surface area (Å²) in [5.74, 6) is 0. The molecule has 0 amide bonds. The van der Waals surface area contributed by atoms with Crippen molar-refractivity contribution in [3.8, 4) is 0 Å². The Morgan fingerprint density at radius 1 is 1.50 bits per heavy atom. The highest BCUT2D eigenvalue weighted by atomic mass is 32.3. The Labute approximate surface area is 47.4 Å². The first kappa shape index (κ1) is 6.00. The molecule has 0 heterocycles. The third-order valence-corrected chi connectivity index (χ3v) is 1.29. The van der Waals surface area contributed by atoms with Gasteiger partial charge in [0.25, 0.3) is 0 Å². The normalized spacial score (nSPS) is 21.1. The number of rotatable bonds is 2. The van der Waals surface area contributed by atoms with Gasteiger partial charge in [0.15, 0.2) is 0 Å². The Balaban J connectivity index is 2.38. The summed E-state index contributed by atoms with van der Waals surface area (Å²) in [6, 6.07) is 0. The lowest BCUT2D eigenvalue weighted by Gasteiger charge is -2.03. The molecule has 0 aromatic heterocycles. The second-order valence-electron chi connectivity index (χ2n) is 1.70. The molecular weight excluding hydrogens is 132 g/mol. The molecule has 0 spiro atoms. The zero-order valence-electron chi connectivity index (χ0n) is 4.03. The van der Waals surface area contributed by atoms with E-state index in [-0.39, 0.29) is 6.10 Å². The zero-order chi connectivity index (χ0) is 6.20. The quantitative estimate of drug-likeness (QED) is 0.384. The zero-order valence-corrected chi connectivity index (χ0v) is 4.85. The predicted molar refractivity (Wildman–Crippen MR) is 23.8 cm³/mol. The van der Waals surface area contributed by atoms with Gasteiger partial charge in [-0.05, 0) is 12.8 Å². The Kier molecular flexibility index (Phi) is 1.26. The highest BCUT2D eigenvalue weighted by Crippen LogP contribution is 2.24. The van der Waals surface area contributed by atoms with Crippen molar-refractivity contribution in [1.82, 2.24) is 0 Å². The molecule has 0 aromatic rings. The summed E-state index contributed by atoms with van der Waals surface area (Å²) in [4.78, 5) is 0. The molecule has 4 nitrogen and oxygen atoms in total. The van der Waals surface area contributed by atoms with Crippen molar-refractivity contribution in [3.05, 3.63) is 0 Å². The van der Waals surface area contributed by atoms with E-state index >= 15 is 0 Å². The Morgan fingerprint density at radius 3 is 2.12 bits per heavy atom. The molecular formula is C3H5O4S-. The lowest BCUT2D eigenvalue weighted by Crippen LogP contribution is -2.04. The number of hydrogen-bond donors (Lipinski definition) is 0. The van der Waals surface area contributed by atoms with Crippen molar-refractivity contribution >= 4 is 10.4 Å². The van der Waals surface area contributed by atoms with Gasteiger partial charge < -0.3 is 4.55 Å². The van der Waals surface area contributed by atoms with E-state index in [0.717, 1.165) is 0 Å². The van der Waals surface area contributed by atoms with E-state index < -0.39 is 10.4 Å². The summed E-state index contributed by atoms with van der Waals surface area (Å²) in [5, 5.41) is 0. The summed E-state index contributed by atoms with van der Waals surface area (Å²) in [6.45, 7) is 0. The van der Waals surface area contributed by atoms with Crippen molar-refractivity contribution < 1.29 is 17.2 Å². The Morgan fingerprint density at radius 2 is 2.00 bits per heavy atom. The van der Waals surface area contributed by atoms with Crippen molar-refractivity contribution in [2.45, 2.75) is 18.9 Å². The Hall–Kier alpha value is -0.130. The molecule has 8 heavy (non-hydrogen) atoms. The average Bonchev–Trinajstić information content (AvgIpc) is 2.12. The topological polar surface area (TPSA) is 66.4 Å². The highest BCUT2D eigenvalue weighted by molar-refractivity contribution is 7.80. The third-order valence-electron chi connectivity index (χ3n) is 0.778. The van der Waals surface area contributed by atoms with Gasteiger partial charge in [-0.2, -0.15) is 0 Å². The minimum atomic E-state index is -4.41. The molecule has 1 rings (SSSR count). The Bertz CT molecular complexity index is 166. The molecule has 0 aromatic carbocycles. The van der Waals surface area contributed by atoms with Crippen LogP contribution in [-0.2, 0) is 14.6 Å². The first-order valence-electron chi connectivity index (χ1n) is 2.22. The SMILES string of the molecule is O=S(=O)([O-])OC1CC1. The summed E-state index contributed by atoms with van der Waals surface area (Å²) in [7, 11) is -4.41. The van der Waals surface area contributed by atoms with Crippen LogP contribution in [0.1, 0.15) is 12.8 Å². The van der Waals surface area contributed by atoms with Gasteiger partial charge in [0.05, 0.1) is 6.10 Å². The van der Waals surface area contributed by atoms with Gasteiger partial charge in [-0.15, -0.1) is 0 Å². The summed E-state index contributed by atoms with van der Waals surface area (Å²) < 4.78 is 33.1. The van der Waals surface area contributed by atoms with Crippen molar-refractivity contribution in [2.75, 3.05) is 0 Å². The van der Waals surface area contributed by atoms with E-state index in [4.69, 9.17) is 0 Å². The standard InChI is InChI=1S/C3H6O4S/c4-8(5,6)7-3-1-2-3/h3H,1-2H2,(H,4,5,6)/p-1. The predicted octanol–water partition coefficient (Wildman–Crippen LogP) is -0.374. The molecule has 1 fully saturated rings. The molecule has 0 atom stereocenters. The molecule has 1 aliphatic carbocycles. The molecule has 1 saturated carbocycles. The molecule has 0 bridgehead atoms. The van der Waals surface area contributed by atoms with Gasteiger partial charge in [0, 0.05) is 0 Å². The highest BCUT2D eigenvalue weighted by Gasteiger charge is 2.24. The van der Waals surface area contributed by atoms with Crippen molar-refractivity contribution in [3.63, 3.8) is 0 Å². The fourth-order valence-corrected chi connectivity index (χ4v) is 0.857. The van der Waals surface area contributed by atoms with E-state index in [9.17, 15) is 13.0 Å². The van der Waals surface area contributed by atoms with E-state index in [1.165, 1.54) is 0 Å². The van der Waals surface area contributed by atoms with Crippen LogP contribution in [0.15, 0.2) is 0 Å². The first-order chi connectivity index (χ1) is 3.58. The molecule has 0 aliphatic heterocycles. The van der Waals surface area contributed by atoms with Crippen LogP contribution >= 0.6 is 0 Å². The molecule has 1 aliphatic rings. The second kappa shape index (κ2) is 1.68. The number of hydrogen-bond acceptors (Lipinski definition) is 4. The summed E-state index contributed by atoms with van der Waals surface area (Å²) in [5.41, 5.74) is 0. The lowest BCUT2D eigenvalue weighted by atomic mass is 10.9. The fraction of sp³-hybridized carbons (Fsp3) is 1.00. The van der Waals surface area contributed by atoms with Gasteiger partial charge in [-0.3, -0.25) is 4.18 Å². The third kappa shape index (κ3) is 2.25. The van der Waals surface area contributed by atoms with E-state index in [2.05, 4.69) is 4.18 Å². The van der Waals surface area contributed by atoms with Crippen LogP contribution in [-0.4, -0.2) is 19.1 Å². The second-order valence-corrected chi connectivity index (χ2v) is 2.71. The minimum Gasteiger partial charge on any atom is -0.726 e. The van der Waals surface area contributed by atoms with Gasteiger partial charge in [0.1, 0.15) is 0 Å². The van der Waals surface area contributed by atoms with Crippen molar-refractivity contribution in [2.24, 2.45) is 0 Å². The maximum atomic E-state index is 9.70. The monoisotopic (exact) mass is 137 g/mol. The van der Waals surface area contributed by atoms with Crippen LogP contribution in [0.3, 0.4) is 0 Å². The maximum Gasteiger partial charge on any atom is 0.217 e. The molecule has 48 valence electrons. The smallest absolute Gasteiger partial charge is 0.217 e. The largest absolute Gasteiger partial charge is 0.726 e. The van der Waals surface area contributed by atoms with Crippen LogP contribution in [0.25, 0.3) is 0 Å². The van der Waals surface area contributed by atoms with Crippen LogP contribution in [0.4, 0.5) is 0 Å². The molecule has 0 saturated heterocycles. The van der Waals surface area contributed by atoms with Gasteiger partial charge in [0.2, 0.25) is 10.4 Å². The minimum absolute atomic E-state index is 0.308. The van der Waals surface area contributed by atoms with Crippen LogP contribution < -0.4 is 0 Å². The first-order valence-corrected chi connectivity index (χ1v) is 3.55. The molecule has 0 N–H and O–H groups in total. The fourth-order valence-electron chi connectivity index (χ4n) is 0.331. The van der Waals surface area contributed by atoms with E-state index in [1.807, 2.05) is 0 Å². The average molecular weight is 137 g/mol. The van der Waals surface area contributed by atoms with E-state index in [0.29, 0.717) is 12.8 Å². The van der Waals surface area contributed by atoms with Crippen LogP contribution in [0.5, 0.6) is 0 Å². The molecule has 0 radical (unpaired) electrons.